The number of rotatable bonds is 3. The van der Waals surface area contributed by atoms with Gasteiger partial charge in [0.1, 0.15) is 5.82 Å². The second-order valence-corrected chi connectivity index (χ2v) is 4.94. The lowest BCUT2D eigenvalue weighted by molar-refractivity contribution is 0.508. The van der Waals surface area contributed by atoms with Crippen LogP contribution < -0.4 is 5.32 Å². The largest absolute Gasteiger partial charge is 0.317 e. The molecule has 1 aliphatic carbocycles. The monoisotopic (exact) mass is 221 g/mol. The molecular formula is C14H20FN. The minimum atomic E-state index is -0.124. The Labute approximate surface area is 97.1 Å². The van der Waals surface area contributed by atoms with E-state index in [0.717, 1.165) is 17.9 Å². The third kappa shape index (κ3) is 2.62. The van der Waals surface area contributed by atoms with Crippen molar-refractivity contribution in [3.63, 3.8) is 0 Å². The van der Waals surface area contributed by atoms with E-state index in [1.165, 1.54) is 24.8 Å². The van der Waals surface area contributed by atoms with Crippen molar-refractivity contribution in [1.82, 2.24) is 5.32 Å². The van der Waals surface area contributed by atoms with Crippen molar-refractivity contribution in [3.05, 3.63) is 35.1 Å². The maximum Gasteiger partial charge on any atom is 0.123 e. The van der Waals surface area contributed by atoms with Gasteiger partial charge in [-0.2, -0.15) is 0 Å². The molecule has 1 aromatic carbocycles. The first-order chi connectivity index (χ1) is 7.69. The quantitative estimate of drug-likeness (QED) is 0.827. The van der Waals surface area contributed by atoms with Gasteiger partial charge in [0.25, 0.3) is 0 Å². The van der Waals surface area contributed by atoms with Crippen molar-refractivity contribution >= 4 is 0 Å². The molecule has 88 valence electrons. The number of hydrogen-bond donors (Lipinski definition) is 1. The molecule has 0 bridgehead atoms. The van der Waals surface area contributed by atoms with E-state index in [2.05, 4.69) is 5.32 Å². The Kier molecular flexibility index (Phi) is 3.59. The highest BCUT2D eigenvalue weighted by Gasteiger charge is 2.23. The van der Waals surface area contributed by atoms with Crippen LogP contribution in [-0.2, 0) is 6.42 Å². The zero-order valence-corrected chi connectivity index (χ0v) is 10.1. The SMILES string of the molecule is CNC1CCC(Cc2ccc(F)cc2C)C1. The third-order valence-corrected chi connectivity index (χ3v) is 3.76. The van der Waals surface area contributed by atoms with Crippen molar-refractivity contribution < 1.29 is 4.39 Å². The highest BCUT2D eigenvalue weighted by Crippen LogP contribution is 2.29. The molecule has 0 radical (unpaired) electrons. The Balaban J connectivity index is 1.99. The van der Waals surface area contributed by atoms with Crippen LogP contribution >= 0.6 is 0 Å². The van der Waals surface area contributed by atoms with Crippen molar-refractivity contribution in [3.8, 4) is 0 Å². The molecule has 2 atom stereocenters. The van der Waals surface area contributed by atoms with E-state index in [1.54, 1.807) is 12.1 Å². The van der Waals surface area contributed by atoms with Crippen LogP contribution in [0.1, 0.15) is 30.4 Å². The van der Waals surface area contributed by atoms with Crippen LogP contribution in [0.25, 0.3) is 0 Å². The van der Waals surface area contributed by atoms with Gasteiger partial charge in [0.2, 0.25) is 0 Å². The molecule has 1 aliphatic rings. The van der Waals surface area contributed by atoms with Gasteiger partial charge in [0.05, 0.1) is 0 Å². The summed E-state index contributed by atoms with van der Waals surface area (Å²) in [6, 6.07) is 5.84. The molecule has 1 saturated carbocycles. The van der Waals surface area contributed by atoms with Gasteiger partial charge in [-0.15, -0.1) is 0 Å². The minimum absolute atomic E-state index is 0.124. The Morgan fingerprint density at radius 2 is 2.19 bits per heavy atom. The number of nitrogens with one attached hydrogen (secondary N) is 1. The molecule has 0 aliphatic heterocycles. The van der Waals surface area contributed by atoms with E-state index in [9.17, 15) is 4.39 Å². The average Bonchev–Trinajstić information content (AvgIpc) is 2.70. The summed E-state index contributed by atoms with van der Waals surface area (Å²) in [5.41, 5.74) is 2.40. The van der Waals surface area contributed by atoms with E-state index in [-0.39, 0.29) is 5.82 Å². The lowest BCUT2D eigenvalue weighted by Gasteiger charge is -2.12. The normalized spacial score (nSPS) is 24.9. The molecule has 16 heavy (non-hydrogen) atoms. The first kappa shape index (κ1) is 11.6. The number of aryl methyl sites for hydroxylation is 1. The molecule has 0 saturated heterocycles. The van der Waals surface area contributed by atoms with Gasteiger partial charge < -0.3 is 5.32 Å². The third-order valence-electron chi connectivity index (χ3n) is 3.76. The summed E-state index contributed by atoms with van der Waals surface area (Å²) in [6.07, 6.45) is 4.93. The van der Waals surface area contributed by atoms with Gasteiger partial charge in [-0.25, -0.2) is 4.39 Å². The molecule has 2 rings (SSSR count). The second-order valence-electron chi connectivity index (χ2n) is 4.94. The standard InChI is InChI=1S/C14H20FN/c1-10-7-13(15)5-4-12(10)8-11-3-6-14(9-11)16-2/h4-5,7,11,14,16H,3,6,8-9H2,1-2H3. The summed E-state index contributed by atoms with van der Waals surface area (Å²) in [5.74, 6) is 0.641. The minimum Gasteiger partial charge on any atom is -0.317 e. The highest BCUT2D eigenvalue weighted by atomic mass is 19.1. The van der Waals surface area contributed by atoms with Crippen LogP contribution in [0.15, 0.2) is 18.2 Å². The summed E-state index contributed by atoms with van der Waals surface area (Å²) in [5, 5.41) is 3.34. The molecule has 0 heterocycles. The van der Waals surface area contributed by atoms with E-state index >= 15 is 0 Å². The van der Waals surface area contributed by atoms with Crippen molar-refractivity contribution in [2.75, 3.05) is 7.05 Å². The molecular weight excluding hydrogens is 201 g/mol. The molecule has 1 nitrogen and oxygen atoms in total. The fourth-order valence-electron chi connectivity index (χ4n) is 2.72. The van der Waals surface area contributed by atoms with Gasteiger partial charge in [0, 0.05) is 6.04 Å². The molecule has 2 heteroatoms. The van der Waals surface area contributed by atoms with Crippen LogP contribution in [0.4, 0.5) is 4.39 Å². The first-order valence-electron chi connectivity index (χ1n) is 6.11. The van der Waals surface area contributed by atoms with Crippen LogP contribution in [-0.4, -0.2) is 13.1 Å². The summed E-state index contributed by atoms with van der Waals surface area (Å²) in [4.78, 5) is 0. The molecule has 0 spiro atoms. The maximum absolute atomic E-state index is 13.0. The van der Waals surface area contributed by atoms with Crippen LogP contribution in [0.2, 0.25) is 0 Å². The van der Waals surface area contributed by atoms with Crippen molar-refractivity contribution in [1.29, 1.82) is 0 Å². The zero-order valence-electron chi connectivity index (χ0n) is 10.1. The summed E-state index contributed by atoms with van der Waals surface area (Å²) in [6.45, 7) is 2.00. The number of hydrogen-bond acceptors (Lipinski definition) is 1. The van der Waals surface area contributed by atoms with Crippen LogP contribution in [0, 0.1) is 18.7 Å². The zero-order chi connectivity index (χ0) is 11.5. The van der Waals surface area contributed by atoms with E-state index in [4.69, 9.17) is 0 Å². The second kappa shape index (κ2) is 4.96. The van der Waals surface area contributed by atoms with Gasteiger partial charge in [-0.1, -0.05) is 6.07 Å². The summed E-state index contributed by atoms with van der Waals surface area (Å²) < 4.78 is 13.0. The van der Waals surface area contributed by atoms with E-state index in [1.807, 2.05) is 20.0 Å². The molecule has 1 aromatic rings. The van der Waals surface area contributed by atoms with E-state index < -0.39 is 0 Å². The fraction of sp³-hybridized carbons (Fsp3) is 0.571. The lowest BCUT2D eigenvalue weighted by Crippen LogP contribution is -2.21. The first-order valence-corrected chi connectivity index (χ1v) is 6.11. The molecule has 1 N–H and O–H groups in total. The van der Waals surface area contributed by atoms with Gasteiger partial charge in [0.15, 0.2) is 0 Å². The molecule has 1 fully saturated rings. The summed E-state index contributed by atoms with van der Waals surface area (Å²) >= 11 is 0. The lowest BCUT2D eigenvalue weighted by atomic mass is 9.95. The maximum atomic E-state index is 13.0. The van der Waals surface area contributed by atoms with E-state index in [0.29, 0.717) is 6.04 Å². The molecule has 2 unspecified atom stereocenters. The van der Waals surface area contributed by atoms with Gasteiger partial charge >= 0.3 is 0 Å². The Hall–Kier alpha value is -0.890. The highest BCUT2D eigenvalue weighted by molar-refractivity contribution is 5.27. The van der Waals surface area contributed by atoms with Crippen LogP contribution in [0.5, 0.6) is 0 Å². The topological polar surface area (TPSA) is 12.0 Å². The summed E-state index contributed by atoms with van der Waals surface area (Å²) in [7, 11) is 2.04. The van der Waals surface area contributed by atoms with Gasteiger partial charge in [-0.3, -0.25) is 0 Å². The van der Waals surface area contributed by atoms with Crippen LogP contribution in [0.3, 0.4) is 0 Å². The smallest absolute Gasteiger partial charge is 0.123 e. The van der Waals surface area contributed by atoms with Crippen molar-refractivity contribution in [2.45, 2.75) is 38.6 Å². The predicted molar refractivity (Wildman–Crippen MR) is 65.0 cm³/mol. The average molecular weight is 221 g/mol. The molecule has 0 aromatic heterocycles. The fourth-order valence-corrected chi connectivity index (χ4v) is 2.72. The number of benzene rings is 1. The predicted octanol–water partition coefficient (Wildman–Crippen LogP) is 3.06. The Bertz CT molecular complexity index is 362. The number of halogens is 1. The molecule has 0 amide bonds. The Morgan fingerprint density at radius 1 is 1.38 bits per heavy atom. The van der Waals surface area contributed by atoms with Gasteiger partial charge in [-0.05, 0) is 68.8 Å². The Morgan fingerprint density at radius 3 is 2.81 bits per heavy atom. The van der Waals surface area contributed by atoms with Crippen molar-refractivity contribution in [2.24, 2.45) is 5.92 Å².